The third kappa shape index (κ3) is 9.05. The first-order valence-electron chi connectivity index (χ1n) is 18.6. The van der Waals surface area contributed by atoms with Gasteiger partial charge in [-0.3, -0.25) is 40.5 Å². The number of hydrogen-bond donors (Lipinski definition) is 0. The highest BCUT2D eigenvalue weighted by atomic mass is 16.6. The lowest BCUT2D eigenvalue weighted by Crippen LogP contribution is -2.45. The molecule has 0 atom stereocenters. The van der Waals surface area contributed by atoms with Crippen molar-refractivity contribution in [1.82, 2.24) is 0 Å². The Bertz CT molecular complexity index is 1350. The molecule has 272 valence electrons. The average Bonchev–Trinajstić information content (AvgIpc) is 3.14. The van der Waals surface area contributed by atoms with Crippen LogP contribution in [0.25, 0.3) is 0 Å². The van der Waals surface area contributed by atoms with Crippen LogP contribution in [0.2, 0.25) is 0 Å². The minimum Gasteiger partial charge on any atom is -0.360 e. The van der Waals surface area contributed by atoms with E-state index >= 15 is 0 Å². The van der Waals surface area contributed by atoms with Gasteiger partial charge in [-0.15, -0.1) is 0 Å². The first kappa shape index (κ1) is 36.9. The summed E-state index contributed by atoms with van der Waals surface area (Å²) in [5.41, 5.74) is 0.421. The van der Waals surface area contributed by atoms with Gasteiger partial charge in [0, 0.05) is 36.3 Å². The van der Waals surface area contributed by atoms with Gasteiger partial charge in [-0.2, -0.15) is 0 Å². The molecule has 0 amide bonds. The first-order chi connectivity index (χ1) is 24.2. The minimum absolute atomic E-state index is 0.134. The van der Waals surface area contributed by atoms with Crippen LogP contribution >= 0.6 is 0 Å². The van der Waals surface area contributed by atoms with E-state index in [1.54, 1.807) is 12.1 Å². The zero-order valence-electron chi connectivity index (χ0n) is 28.9. The second-order valence-electron chi connectivity index (χ2n) is 14.4. The van der Waals surface area contributed by atoms with Crippen LogP contribution < -0.4 is 9.80 Å². The molecule has 6 rings (SSSR count). The van der Waals surface area contributed by atoms with Crippen molar-refractivity contribution in [3.8, 4) is 0 Å². The summed E-state index contributed by atoms with van der Waals surface area (Å²) in [6.45, 7) is 0. The molecule has 0 radical (unpaired) electrons. The number of nitro groups is 4. The predicted octanol–water partition coefficient (Wildman–Crippen LogP) is 9.95. The smallest absolute Gasteiger partial charge is 0.299 e. The Kier molecular flexibility index (Phi) is 12.9. The van der Waals surface area contributed by atoms with E-state index in [0.29, 0.717) is 35.5 Å². The molecule has 0 N–H and O–H groups in total. The van der Waals surface area contributed by atoms with Crippen molar-refractivity contribution in [3.63, 3.8) is 0 Å². The van der Waals surface area contributed by atoms with E-state index in [1.807, 2.05) is 0 Å². The molecule has 0 unspecified atom stereocenters. The Morgan fingerprint density at radius 3 is 0.880 bits per heavy atom. The Morgan fingerprint density at radius 2 is 0.660 bits per heavy atom. The number of hydrogen-bond acceptors (Lipinski definition) is 10. The zero-order chi connectivity index (χ0) is 35.6. The van der Waals surface area contributed by atoms with Gasteiger partial charge in [0.05, 0.1) is 31.8 Å². The number of rotatable bonds is 10. The normalized spacial score (nSPS) is 19.5. The molecular formula is C36H50N6O8. The van der Waals surface area contributed by atoms with Crippen molar-refractivity contribution in [2.45, 2.75) is 153 Å². The highest BCUT2D eigenvalue weighted by Crippen LogP contribution is 2.42. The number of non-ortho nitro benzene ring substituents is 2. The third-order valence-electron chi connectivity index (χ3n) is 11.2. The van der Waals surface area contributed by atoms with E-state index in [0.717, 1.165) is 115 Å². The number of nitro benzene ring substituents is 4. The van der Waals surface area contributed by atoms with E-state index in [4.69, 9.17) is 0 Å². The van der Waals surface area contributed by atoms with Gasteiger partial charge in [-0.05, 0) is 63.5 Å². The van der Waals surface area contributed by atoms with E-state index in [9.17, 15) is 40.5 Å². The summed E-state index contributed by atoms with van der Waals surface area (Å²) in [5.74, 6) is 0. The molecule has 0 spiro atoms. The van der Waals surface area contributed by atoms with Gasteiger partial charge in [-0.1, -0.05) is 77.0 Å². The van der Waals surface area contributed by atoms with Crippen LogP contribution in [0.4, 0.5) is 34.1 Å². The maximum atomic E-state index is 11.6. The quantitative estimate of drug-likeness (QED) is 0.171. The fraction of sp³-hybridized carbons (Fsp3) is 0.667. The summed E-state index contributed by atoms with van der Waals surface area (Å²) < 4.78 is 0. The van der Waals surface area contributed by atoms with Crippen LogP contribution in [-0.2, 0) is 0 Å². The molecule has 4 aliphatic carbocycles. The molecule has 4 fully saturated rings. The van der Waals surface area contributed by atoms with Crippen LogP contribution in [0.15, 0.2) is 36.4 Å². The van der Waals surface area contributed by atoms with Gasteiger partial charge in [-0.25, -0.2) is 0 Å². The first-order valence-corrected chi connectivity index (χ1v) is 18.6. The summed E-state index contributed by atoms with van der Waals surface area (Å²) >= 11 is 0. The van der Waals surface area contributed by atoms with E-state index in [-0.39, 0.29) is 22.7 Å². The van der Waals surface area contributed by atoms with Crippen molar-refractivity contribution in [2.24, 2.45) is 0 Å². The van der Waals surface area contributed by atoms with Crippen molar-refractivity contribution < 1.29 is 19.7 Å². The topological polar surface area (TPSA) is 179 Å². The van der Waals surface area contributed by atoms with Crippen molar-refractivity contribution >= 4 is 34.1 Å². The molecule has 4 aliphatic rings. The van der Waals surface area contributed by atoms with Crippen LogP contribution in [0.3, 0.4) is 0 Å². The number of nitrogens with zero attached hydrogens (tertiary/aromatic N) is 6. The van der Waals surface area contributed by atoms with Gasteiger partial charge >= 0.3 is 0 Å². The van der Waals surface area contributed by atoms with Crippen molar-refractivity contribution in [1.29, 1.82) is 0 Å². The fourth-order valence-electron chi connectivity index (χ4n) is 8.80. The Labute approximate surface area is 292 Å². The molecule has 14 heteroatoms. The second kappa shape index (κ2) is 17.5. The Morgan fingerprint density at radius 1 is 0.400 bits per heavy atom. The maximum absolute atomic E-state index is 11.6. The lowest BCUT2D eigenvalue weighted by atomic mass is 9.88. The summed E-state index contributed by atoms with van der Waals surface area (Å²) in [6.07, 6.45) is 22.4. The summed E-state index contributed by atoms with van der Waals surface area (Å²) in [7, 11) is 0. The third-order valence-corrected chi connectivity index (χ3v) is 11.2. The van der Waals surface area contributed by atoms with Gasteiger partial charge in [0.2, 0.25) is 0 Å². The van der Waals surface area contributed by atoms with Gasteiger partial charge in [0.25, 0.3) is 22.7 Å². The summed E-state index contributed by atoms with van der Waals surface area (Å²) in [6, 6.07) is 9.45. The molecule has 0 heterocycles. The highest BCUT2D eigenvalue weighted by molar-refractivity contribution is 5.69. The molecule has 50 heavy (non-hydrogen) atoms. The molecule has 2 aromatic carbocycles. The van der Waals surface area contributed by atoms with E-state index in [2.05, 4.69) is 9.80 Å². The lowest BCUT2D eigenvalue weighted by Gasteiger charge is -2.43. The van der Waals surface area contributed by atoms with Crippen LogP contribution in [0, 0.1) is 40.5 Å². The molecular weight excluding hydrogens is 644 g/mol. The molecule has 2 aromatic rings. The molecule has 0 bridgehead atoms. The fourth-order valence-corrected chi connectivity index (χ4v) is 8.80. The predicted molar refractivity (Wildman–Crippen MR) is 192 cm³/mol. The molecule has 0 saturated heterocycles. The largest absolute Gasteiger partial charge is 0.360 e. The second-order valence-corrected chi connectivity index (χ2v) is 14.4. The number of benzene rings is 2. The zero-order valence-corrected chi connectivity index (χ0v) is 28.9. The van der Waals surface area contributed by atoms with Gasteiger partial charge in [0.15, 0.2) is 0 Å². The highest BCUT2D eigenvalue weighted by Gasteiger charge is 2.35. The minimum atomic E-state index is -0.567. The molecule has 14 nitrogen and oxygen atoms in total. The number of anilines is 2. The molecule has 0 aromatic heterocycles. The van der Waals surface area contributed by atoms with E-state index < -0.39 is 19.7 Å². The van der Waals surface area contributed by atoms with Crippen LogP contribution in [0.1, 0.15) is 128 Å². The maximum Gasteiger partial charge on any atom is 0.299 e. The standard InChI is InChI=1S/2C18H25N3O4/c2*22-20(23)16-11-12-17(18(13-16)21(24)25)19(14-7-3-1-4-8-14)15-9-5-2-6-10-15/h2*11-15H,1-10H2. The van der Waals surface area contributed by atoms with Crippen LogP contribution in [-0.4, -0.2) is 43.9 Å². The van der Waals surface area contributed by atoms with Crippen LogP contribution in [0.5, 0.6) is 0 Å². The van der Waals surface area contributed by atoms with E-state index in [1.165, 1.54) is 37.8 Å². The lowest BCUT2D eigenvalue weighted by molar-refractivity contribution is -0.394. The Hall–Kier alpha value is -4.36. The summed E-state index contributed by atoms with van der Waals surface area (Å²) in [5, 5.41) is 45.3. The van der Waals surface area contributed by atoms with Crippen molar-refractivity contribution in [2.75, 3.05) is 9.80 Å². The average molecular weight is 695 g/mol. The van der Waals surface area contributed by atoms with Gasteiger partial charge < -0.3 is 9.80 Å². The molecule has 0 aliphatic heterocycles. The van der Waals surface area contributed by atoms with Crippen molar-refractivity contribution in [3.05, 3.63) is 76.9 Å². The molecule has 4 saturated carbocycles. The Balaban J connectivity index is 0.000000194. The monoisotopic (exact) mass is 694 g/mol. The SMILES string of the molecule is O=[N+]([O-])c1ccc(N(C2CCCCC2)C2CCCCC2)c([N+](=O)[O-])c1.O=[N+]([O-])c1ccc(N(C2CCCCC2)C2CCCCC2)c([N+](=O)[O-])c1. The summed E-state index contributed by atoms with van der Waals surface area (Å²) in [4.78, 5) is 47.7. The van der Waals surface area contributed by atoms with Gasteiger partial charge in [0.1, 0.15) is 11.4 Å².